The Morgan fingerprint density at radius 2 is 0.566 bits per heavy atom. The Bertz CT molecular complexity index is 1630. The van der Waals surface area contributed by atoms with Gasteiger partial charge in [-0.05, 0) is 49.9 Å². The molecule has 20 heteroatoms. The second-order valence-corrected chi connectivity index (χ2v) is 18.3. The Kier molecular flexibility index (Phi) is 37.4. The summed E-state index contributed by atoms with van der Waals surface area (Å²) in [7, 11) is 6.59. The maximum absolute atomic E-state index is 15.1. The highest BCUT2D eigenvalue weighted by molar-refractivity contribution is 6.19. The molecule has 0 saturated carbocycles. The van der Waals surface area contributed by atoms with Gasteiger partial charge in [-0.25, -0.2) is 0 Å². The smallest absolute Gasteiger partial charge is 0.189 e. The molecule has 0 spiro atoms. The molecule has 434 valence electrons. The lowest BCUT2D eigenvalue weighted by Crippen LogP contribution is -2.66. The number of hydrogen-bond acceptors (Lipinski definition) is 20. The van der Waals surface area contributed by atoms with Gasteiger partial charge in [0.2, 0.25) is 0 Å². The summed E-state index contributed by atoms with van der Waals surface area (Å²) in [6, 6.07) is 13.4. The number of para-hydroxylation sites is 2. The zero-order valence-electron chi connectivity index (χ0n) is 46.2. The molecule has 0 amide bonds. The first-order chi connectivity index (χ1) is 37.5. The number of ether oxygens (including phenoxy) is 16. The van der Waals surface area contributed by atoms with Crippen molar-refractivity contribution >= 4 is 22.9 Å². The molecule has 0 saturated heterocycles. The van der Waals surface area contributed by atoms with Crippen LogP contribution in [0.3, 0.4) is 0 Å². The topological polar surface area (TPSA) is 188 Å². The summed E-state index contributed by atoms with van der Waals surface area (Å²) in [5.41, 5.74) is 2.49. The van der Waals surface area contributed by atoms with Crippen molar-refractivity contribution < 1.29 is 85.4 Å². The van der Waals surface area contributed by atoms with Crippen LogP contribution in [-0.2, 0) is 75.8 Å². The van der Waals surface area contributed by atoms with E-state index in [1.807, 2.05) is 48.5 Å². The highest BCUT2D eigenvalue weighted by Gasteiger charge is 2.51. The first kappa shape index (κ1) is 65.3. The van der Waals surface area contributed by atoms with Crippen LogP contribution in [0.15, 0.2) is 48.5 Å². The molecule has 2 aliphatic rings. The summed E-state index contributed by atoms with van der Waals surface area (Å²) in [5, 5.41) is 0. The molecule has 4 atom stereocenters. The number of carbonyl (C=O) groups is 2. The number of Topliss-reactive ketones (excluding diaryl/α,β-unsaturated/α-hetero) is 2. The number of hydrogen-bond donors (Lipinski definition) is 0. The van der Waals surface area contributed by atoms with Gasteiger partial charge in [-0.1, -0.05) is 24.3 Å². The summed E-state index contributed by atoms with van der Waals surface area (Å²) in [4.78, 5) is 34.3. The third-order valence-electron chi connectivity index (χ3n) is 12.4. The minimum absolute atomic E-state index is 0.120. The van der Waals surface area contributed by atoms with E-state index in [9.17, 15) is 0 Å². The maximum Gasteiger partial charge on any atom is 0.189 e. The number of methoxy groups -OCH3 is 4. The van der Waals surface area contributed by atoms with E-state index in [0.29, 0.717) is 221 Å². The average Bonchev–Trinajstić information content (AvgIpc) is 3.44. The van der Waals surface area contributed by atoms with E-state index in [4.69, 9.17) is 75.8 Å². The van der Waals surface area contributed by atoms with E-state index in [1.165, 1.54) is 0 Å². The van der Waals surface area contributed by atoms with E-state index in [0.717, 1.165) is 25.7 Å². The zero-order chi connectivity index (χ0) is 53.9. The zero-order valence-corrected chi connectivity index (χ0v) is 46.2. The predicted molar refractivity (Wildman–Crippen MR) is 287 cm³/mol. The third-order valence-corrected chi connectivity index (χ3v) is 12.4. The molecular weight excluding hydrogens is 989 g/mol. The molecule has 0 radical (unpaired) electrons. The van der Waals surface area contributed by atoms with Crippen molar-refractivity contribution in [2.24, 2.45) is 11.8 Å². The number of benzene rings is 2. The Morgan fingerprint density at radius 3 is 0.842 bits per heavy atom. The van der Waals surface area contributed by atoms with Crippen molar-refractivity contribution in [2.45, 2.75) is 37.8 Å². The molecule has 4 rings (SSSR count). The first-order valence-electron chi connectivity index (χ1n) is 27.2. The lowest BCUT2D eigenvalue weighted by Gasteiger charge is -2.51. The summed E-state index contributed by atoms with van der Waals surface area (Å²) in [5.74, 6) is -0.644. The van der Waals surface area contributed by atoms with E-state index >= 15 is 9.59 Å². The van der Waals surface area contributed by atoms with Gasteiger partial charge in [0.25, 0.3) is 0 Å². The number of anilines is 2. The molecule has 2 heterocycles. The minimum atomic E-state index is -0.844. The molecule has 0 N–H and O–H groups in total. The Hall–Kier alpha value is -3.26. The number of rotatable bonds is 52. The maximum atomic E-state index is 15.1. The number of nitrogens with zero attached hydrogens (tertiary/aromatic N) is 2. The Balaban J connectivity index is 1.48. The largest absolute Gasteiger partial charge is 0.382 e. The van der Waals surface area contributed by atoms with Crippen molar-refractivity contribution in [1.82, 2.24) is 0 Å². The number of ketones is 2. The van der Waals surface area contributed by atoms with Crippen LogP contribution < -0.4 is 9.80 Å². The number of carbonyl (C=O) groups excluding carboxylic acids is 2. The first-order valence-corrected chi connectivity index (χ1v) is 27.2. The monoisotopic (exact) mass is 1080 g/mol. The minimum Gasteiger partial charge on any atom is -0.382 e. The van der Waals surface area contributed by atoms with Crippen LogP contribution >= 0.6 is 0 Å². The van der Waals surface area contributed by atoms with Crippen LogP contribution in [-0.4, -0.2) is 250 Å². The highest BCUT2D eigenvalue weighted by atomic mass is 16.6. The van der Waals surface area contributed by atoms with Gasteiger partial charge < -0.3 is 85.6 Å². The lowest BCUT2D eigenvalue weighted by molar-refractivity contribution is -0.0154. The molecule has 2 aromatic rings. The van der Waals surface area contributed by atoms with Crippen molar-refractivity contribution in [3.8, 4) is 0 Å². The second-order valence-electron chi connectivity index (χ2n) is 18.3. The second kappa shape index (κ2) is 43.6. The Labute approximate surface area is 452 Å². The van der Waals surface area contributed by atoms with E-state index in [2.05, 4.69) is 9.80 Å². The molecule has 76 heavy (non-hydrogen) atoms. The summed E-state index contributed by atoms with van der Waals surface area (Å²) in [6.07, 6.45) is 3.54. The summed E-state index contributed by atoms with van der Waals surface area (Å²) < 4.78 is 90.8. The third kappa shape index (κ3) is 26.1. The van der Waals surface area contributed by atoms with Crippen LogP contribution in [0.2, 0.25) is 0 Å². The van der Waals surface area contributed by atoms with Crippen LogP contribution in [0.5, 0.6) is 0 Å². The normalized spacial score (nSPS) is 16.1. The van der Waals surface area contributed by atoms with Crippen molar-refractivity contribution in [2.75, 3.05) is 236 Å². The van der Waals surface area contributed by atoms with Gasteiger partial charge in [0.05, 0.1) is 159 Å². The summed E-state index contributed by atoms with van der Waals surface area (Å²) in [6.45, 7) is 13.8. The van der Waals surface area contributed by atoms with Gasteiger partial charge in [-0.2, -0.15) is 0 Å². The van der Waals surface area contributed by atoms with Crippen LogP contribution in [0.25, 0.3) is 0 Å². The molecule has 0 aliphatic carbocycles. The quantitative estimate of drug-likeness (QED) is 0.0829. The van der Waals surface area contributed by atoms with Gasteiger partial charge in [0.1, 0.15) is 12.1 Å². The average molecular weight is 1080 g/mol. The fraction of sp³-hybridized carbons (Fsp3) is 0.750. The molecule has 0 aromatic heterocycles. The molecule has 4 unspecified atom stereocenters. The van der Waals surface area contributed by atoms with Crippen LogP contribution in [0.1, 0.15) is 46.4 Å². The standard InChI is InChI=1S/C56H92N2O18/c1-61-21-25-65-17-9-11-19-67-33-37-73-43-47(45-75-39-35-71-31-29-69-27-23-63-3)41-57-51-15-7-5-13-49(51)56(60)54-53(57)55(59)50-14-6-8-16-52(50)58(54)42-48(46-76-40-36-72-32-30-70-28-24-64-4)44-74-38-34-68-20-12-10-18-66-26-22-62-2/h5-8,13-16,47-48,53-54H,9-12,17-46H2,1-4H3. The van der Waals surface area contributed by atoms with Crippen molar-refractivity contribution in [1.29, 1.82) is 0 Å². The van der Waals surface area contributed by atoms with Gasteiger partial charge in [0.15, 0.2) is 11.6 Å². The van der Waals surface area contributed by atoms with E-state index in [-0.39, 0.29) is 23.4 Å². The van der Waals surface area contributed by atoms with Crippen molar-refractivity contribution in [3.05, 3.63) is 59.7 Å². The molecule has 0 fully saturated rings. The van der Waals surface area contributed by atoms with Gasteiger partial charge in [-0.15, -0.1) is 0 Å². The Morgan fingerprint density at radius 1 is 0.329 bits per heavy atom. The van der Waals surface area contributed by atoms with Gasteiger partial charge in [0, 0.05) is 102 Å². The molecule has 0 bridgehead atoms. The van der Waals surface area contributed by atoms with Crippen LogP contribution in [0.4, 0.5) is 11.4 Å². The fourth-order valence-corrected chi connectivity index (χ4v) is 8.59. The van der Waals surface area contributed by atoms with Gasteiger partial charge >= 0.3 is 0 Å². The highest BCUT2D eigenvalue weighted by Crippen LogP contribution is 2.41. The number of fused-ring (bicyclic) bond motifs is 3. The molecule has 2 aromatic carbocycles. The van der Waals surface area contributed by atoms with Gasteiger partial charge in [-0.3, -0.25) is 9.59 Å². The summed E-state index contributed by atoms with van der Waals surface area (Å²) >= 11 is 0. The predicted octanol–water partition coefficient (Wildman–Crippen LogP) is 4.71. The van der Waals surface area contributed by atoms with E-state index < -0.39 is 12.1 Å². The SMILES string of the molecule is COCCOCCCCOCCOCC(COCCOCCOCCOC)CN1c2ccccc2C(=O)C2C1C(=O)c1ccccc1N2CC(COCCOCCCCOCCOC)COCCOCCOCCOC. The lowest BCUT2D eigenvalue weighted by atomic mass is 9.80. The number of unbranched alkanes of at least 4 members (excludes halogenated alkanes) is 2. The van der Waals surface area contributed by atoms with Crippen LogP contribution in [0, 0.1) is 11.8 Å². The van der Waals surface area contributed by atoms with Crippen molar-refractivity contribution in [3.63, 3.8) is 0 Å². The molecular formula is C56H92N2O18. The van der Waals surface area contributed by atoms with E-state index in [1.54, 1.807) is 28.4 Å². The molecule has 2 aliphatic heterocycles. The molecule has 20 nitrogen and oxygen atoms in total. The fourth-order valence-electron chi connectivity index (χ4n) is 8.59.